The minimum absolute atomic E-state index is 0.0488. The van der Waals surface area contributed by atoms with Crippen molar-refractivity contribution in [2.45, 2.75) is 51.6 Å². The van der Waals surface area contributed by atoms with Crippen molar-refractivity contribution >= 4 is 23.2 Å². The highest BCUT2D eigenvalue weighted by molar-refractivity contribution is 7.09. The Morgan fingerprint density at radius 2 is 1.89 bits per heavy atom. The van der Waals surface area contributed by atoms with Crippen LogP contribution >= 0.6 is 11.3 Å². The molecule has 2 N–H and O–H groups in total. The van der Waals surface area contributed by atoms with E-state index in [1.807, 2.05) is 23.8 Å². The van der Waals surface area contributed by atoms with Gasteiger partial charge in [0.05, 0.1) is 24.3 Å². The molecule has 1 aliphatic rings. The molecule has 7 nitrogen and oxygen atoms in total. The summed E-state index contributed by atoms with van der Waals surface area (Å²) < 4.78 is 33.9. The number of imidazole rings is 1. The summed E-state index contributed by atoms with van der Waals surface area (Å²) >= 11 is 1.66. The molecule has 0 aliphatic carbocycles. The Kier molecular flexibility index (Phi) is 8.68. The monoisotopic (exact) mass is 508 g/mol. The molecule has 1 amide bonds. The van der Waals surface area contributed by atoms with Gasteiger partial charge in [-0.05, 0) is 30.9 Å². The largest absolute Gasteiger partial charge is 0.490 e. The van der Waals surface area contributed by atoms with Crippen LogP contribution in [-0.4, -0.2) is 44.2 Å². The van der Waals surface area contributed by atoms with Crippen LogP contribution in [0.4, 0.5) is 13.2 Å². The SMILES string of the molecule is CC(C)n1cnc2c1C(C(=O)NCc1cccs1)N(Cc1ccccc1)CC2.O=C(O)C(F)(F)F. The van der Waals surface area contributed by atoms with Crippen molar-refractivity contribution in [1.82, 2.24) is 19.8 Å². The molecule has 11 heteroatoms. The third kappa shape index (κ3) is 6.92. The van der Waals surface area contributed by atoms with Crippen LogP contribution in [0.2, 0.25) is 0 Å². The van der Waals surface area contributed by atoms with E-state index >= 15 is 0 Å². The summed E-state index contributed by atoms with van der Waals surface area (Å²) in [6, 6.07) is 14.4. The van der Waals surface area contributed by atoms with E-state index in [2.05, 4.69) is 63.9 Å². The summed E-state index contributed by atoms with van der Waals surface area (Å²) in [7, 11) is 0. The van der Waals surface area contributed by atoms with Crippen LogP contribution in [0.3, 0.4) is 0 Å². The predicted octanol–water partition coefficient (Wildman–Crippen LogP) is 4.57. The number of hydrogen-bond acceptors (Lipinski definition) is 5. The first kappa shape index (κ1) is 26.4. The Morgan fingerprint density at radius 3 is 2.46 bits per heavy atom. The zero-order valence-electron chi connectivity index (χ0n) is 19.3. The number of alkyl halides is 3. The van der Waals surface area contributed by atoms with E-state index in [4.69, 9.17) is 9.90 Å². The van der Waals surface area contributed by atoms with Crippen LogP contribution in [0.15, 0.2) is 54.2 Å². The predicted molar refractivity (Wildman–Crippen MR) is 126 cm³/mol. The molecular weight excluding hydrogens is 481 g/mol. The lowest BCUT2D eigenvalue weighted by Gasteiger charge is -2.36. The number of aliphatic carboxylic acids is 1. The lowest BCUT2D eigenvalue weighted by Crippen LogP contribution is -2.45. The van der Waals surface area contributed by atoms with Crippen LogP contribution in [0.25, 0.3) is 0 Å². The second kappa shape index (κ2) is 11.5. The lowest BCUT2D eigenvalue weighted by molar-refractivity contribution is -0.192. The summed E-state index contributed by atoms with van der Waals surface area (Å²) in [5.74, 6) is -2.71. The first-order valence-electron chi connectivity index (χ1n) is 11.0. The van der Waals surface area contributed by atoms with E-state index in [1.54, 1.807) is 11.3 Å². The maximum Gasteiger partial charge on any atom is 0.490 e. The summed E-state index contributed by atoms with van der Waals surface area (Å²) in [5.41, 5.74) is 3.31. The van der Waals surface area contributed by atoms with Crippen molar-refractivity contribution in [3.8, 4) is 0 Å². The number of nitrogens with one attached hydrogen (secondary N) is 1. The van der Waals surface area contributed by atoms with Crippen LogP contribution in [0, 0.1) is 0 Å². The van der Waals surface area contributed by atoms with E-state index in [0.29, 0.717) is 6.54 Å². The van der Waals surface area contributed by atoms with Gasteiger partial charge in [-0.25, -0.2) is 9.78 Å². The molecule has 0 bridgehead atoms. The molecule has 0 fully saturated rings. The minimum atomic E-state index is -5.08. The van der Waals surface area contributed by atoms with Crippen molar-refractivity contribution in [3.05, 3.63) is 76.0 Å². The van der Waals surface area contributed by atoms with Crippen molar-refractivity contribution < 1.29 is 27.9 Å². The number of carbonyl (C=O) groups is 2. The van der Waals surface area contributed by atoms with Gasteiger partial charge in [0.25, 0.3) is 0 Å². The minimum Gasteiger partial charge on any atom is -0.475 e. The first-order chi connectivity index (χ1) is 16.6. The molecule has 4 rings (SSSR count). The number of fused-ring (bicyclic) bond motifs is 1. The van der Waals surface area contributed by atoms with Gasteiger partial charge in [-0.15, -0.1) is 11.3 Å². The summed E-state index contributed by atoms with van der Waals surface area (Å²) in [6.45, 7) is 6.42. The molecule has 2 aromatic heterocycles. The highest BCUT2D eigenvalue weighted by atomic mass is 32.1. The summed E-state index contributed by atoms with van der Waals surface area (Å²) in [4.78, 5) is 30.3. The van der Waals surface area contributed by atoms with Gasteiger partial charge < -0.3 is 15.0 Å². The maximum absolute atomic E-state index is 13.3. The fourth-order valence-corrected chi connectivity index (χ4v) is 4.47. The van der Waals surface area contributed by atoms with Gasteiger partial charge in [0.15, 0.2) is 0 Å². The van der Waals surface area contributed by atoms with Gasteiger partial charge in [-0.2, -0.15) is 13.2 Å². The highest BCUT2D eigenvalue weighted by Gasteiger charge is 2.38. The number of halogens is 3. The smallest absolute Gasteiger partial charge is 0.475 e. The zero-order valence-corrected chi connectivity index (χ0v) is 20.1. The van der Waals surface area contributed by atoms with E-state index in [0.717, 1.165) is 35.8 Å². The molecule has 3 aromatic rings. The Labute approximate surface area is 205 Å². The third-order valence-corrected chi connectivity index (χ3v) is 6.34. The van der Waals surface area contributed by atoms with Gasteiger partial charge in [-0.3, -0.25) is 9.69 Å². The third-order valence-electron chi connectivity index (χ3n) is 5.46. The summed E-state index contributed by atoms with van der Waals surface area (Å²) in [6.07, 6.45) is -2.32. The van der Waals surface area contributed by atoms with Gasteiger partial charge >= 0.3 is 12.1 Å². The number of hydrogen-bond donors (Lipinski definition) is 2. The van der Waals surface area contributed by atoms with Crippen LogP contribution in [0.1, 0.15) is 47.8 Å². The molecule has 1 unspecified atom stereocenters. The van der Waals surface area contributed by atoms with Crippen LogP contribution < -0.4 is 5.32 Å². The van der Waals surface area contributed by atoms with Gasteiger partial charge in [0.2, 0.25) is 5.91 Å². The number of carboxylic acids is 1. The molecule has 0 spiro atoms. The average Bonchev–Trinajstić information content (AvgIpc) is 3.48. The molecule has 0 saturated carbocycles. The number of amides is 1. The Bertz CT molecular complexity index is 1110. The number of benzene rings is 1. The maximum atomic E-state index is 13.3. The number of nitrogens with zero attached hydrogens (tertiary/aromatic N) is 3. The highest BCUT2D eigenvalue weighted by Crippen LogP contribution is 2.32. The first-order valence-corrected chi connectivity index (χ1v) is 11.9. The Morgan fingerprint density at radius 1 is 1.20 bits per heavy atom. The molecular formula is C24H27F3N4O3S. The molecule has 3 heterocycles. The van der Waals surface area contributed by atoms with Crippen molar-refractivity contribution in [2.24, 2.45) is 0 Å². The Hall–Kier alpha value is -3.18. The number of rotatable bonds is 6. The number of thiophene rings is 1. The van der Waals surface area contributed by atoms with Crippen molar-refractivity contribution in [2.75, 3.05) is 6.54 Å². The molecule has 188 valence electrons. The van der Waals surface area contributed by atoms with Crippen LogP contribution in [0.5, 0.6) is 0 Å². The fraction of sp³-hybridized carbons (Fsp3) is 0.375. The second-order valence-corrected chi connectivity index (χ2v) is 9.32. The molecule has 1 aliphatic heterocycles. The van der Waals surface area contributed by atoms with E-state index in [-0.39, 0.29) is 18.0 Å². The number of carbonyl (C=O) groups excluding carboxylic acids is 1. The molecule has 1 aromatic carbocycles. The molecule has 0 saturated heterocycles. The van der Waals surface area contributed by atoms with Crippen LogP contribution in [-0.2, 0) is 29.1 Å². The second-order valence-electron chi connectivity index (χ2n) is 8.29. The Balaban J connectivity index is 0.000000429. The van der Waals surface area contributed by atoms with E-state index < -0.39 is 12.1 Å². The van der Waals surface area contributed by atoms with Gasteiger partial charge in [0.1, 0.15) is 6.04 Å². The summed E-state index contributed by atoms with van der Waals surface area (Å²) in [5, 5.41) is 12.3. The van der Waals surface area contributed by atoms with Gasteiger partial charge in [-0.1, -0.05) is 36.4 Å². The standard InChI is InChI=1S/C22H26N4OS.C2HF3O2/c1-16(2)26-15-24-19-10-11-25(14-17-7-4-3-5-8-17)21(20(19)26)22(27)23-13-18-9-6-12-28-18;3-2(4,5)1(6)7/h3-9,12,15-16,21H,10-11,13-14H2,1-2H3,(H,23,27);(H,6,7). The van der Waals surface area contributed by atoms with Crippen molar-refractivity contribution in [3.63, 3.8) is 0 Å². The zero-order chi connectivity index (χ0) is 25.6. The van der Waals surface area contributed by atoms with E-state index in [9.17, 15) is 18.0 Å². The van der Waals surface area contributed by atoms with Gasteiger partial charge in [0, 0.05) is 30.4 Å². The average molecular weight is 509 g/mol. The lowest BCUT2D eigenvalue weighted by atomic mass is 10.00. The van der Waals surface area contributed by atoms with E-state index in [1.165, 1.54) is 5.56 Å². The molecule has 35 heavy (non-hydrogen) atoms. The topological polar surface area (TPSA) is 87.5 Å². The normalized spacial score (nSPS) is 15.8. The number of aromatic nitrogens is 2. The molecule has 1 atom stereocenters. The van der Waals surface area contributed by atoms with Crippen molar-refractivity contribution in [1.29, 1.82) is 0 Å². The molecule has 0 radical (unpaired) electrons. The number of carboxylic acid groups (broad SMARTS) is 1. The fourth-order valence-electron chi connectivity index (χ4n) is 3.83. The quantitative estimate of drug-likeness (QED) is 0.509.